The van der Waals surface area contributed by atoms with E-state index in [0.717, 1.165) is 12.8 Å². The van der Waals surface area contributed by atoms with Gasteiger partial charge in [-0.25, -0.2) is 4.79 Å². The lowest BCUT2D eigenvalue weighted by molar-refractivity contribution is 0.0686. The molecule has 0 rings (SSSR count). The van der Waals surface area contributed by atoms with Crippen LogP contribution in [0.15, 0.2) is 0 Å². The molecule has 0 fully saturated rings. The molecular weight excluding hydrogens is 180 g/mol. The maximum absolute atomic E-state index is 10.7. The molecule has 0 unspecified atom stereocenters. The van der Waals surface area contributed by atoms with Crippen molar-refractivity contribution in [3.63, 3.8) is 0 Å². The molecular formula is C11H18O3. The van der Waals surface area contributed by atoms with Crippen LogP contribution in [0.25, 0.3) is 0 Å². The zero-order chi connectivity index (χ0) is 10.6. The lowest BCUT2D eigenvalue weighted by Gasteiger charge is -1.98. The lowest BCUT2D eigenvalue weighted by atomic mass is 10.2. The molecule has 80 valence electrons. The summed E-state index contributed by atoms with van der Waals surface area (Å²) in [7, 11) is 0. The largest absolute Gasteiger partial charge is 0.509 e. The molecule has 0 radical (unpaired) electrons. The molecule has 0 saturated heterocycles. The van der Waals surface area contributed by atoms with Gasteiger partial charge in [0.2, 0.25) is 0 Å². The van der Waals surface area contributed by atoms with Crippen molar-refractivity contribution < 1.29 is 14.3 Å². The van der Waals surface area contributed by atoms with E-state index < -0.39 is 6.16 Å². The summed E-state index contributed by atoms with van der Waals surface area (Å²) in [5.41, 5.74) is 0. The highest BCUT2D eigenvalue weighted by molar-refractivity contribution is 5.59. The Kier molecular flexibility index (Phi) is 9.09. The summed E-state index contributed by atoms with van der Waals surface area (Å²) >= 11 is 0. The summed E-state index contributed by atoms with van der Waals surface area (Å²) in [5.74, 6) is 5.70. The molecule has 0 amide bonds. The van der Waals surface area contributed by atoms with Crippen molar-refractivity contribution in [1.82, 2.24) is 0 Å². The van der Waals surface area contributed by atoms with Crippen molar-refractivity contribution in [2.24, 2.45) is 0 Å². The molecule has 0 aliphatic heterocycles. The number of unbranched alkanes of at least 4 members (excludes halogenated alkanes) is 3. The third-order valence-electron chi connectivity index (χ3n) is 1.55. The molecule has 14 heavy (non-hydrogen) atoms. The van der Waals surface area contributed by atoms with Gasteiger partial charge in [0, 0.05) is 6.42 Å². The van der Waals surface area contributed by atoms with Crippen molar-refractivity contribution in [3.8, 4) is 11.8 Å². The molecule has 0 aromatic carbocycles. The minimum Gasteiger partial charge on any atom is -0.435 e. The Bertz CT molecular complexity index is 200. The number of carbonyl (C=O) groups excluding carboxylic acids is 1. The third-order valence-corrected chi connectivity index (χ3v) is 1.55. The second-order valence-corrected chi connectivity index (χ2v) is 2.78. The van der Waals surface area contributed by atoms with Crippen molar-refractivity contribution in [1.29, 1.82) is 0 Å². The number of hydrogen-bond donors (Lipinski definition) is 0. The van der Waals surface area contributed by atoms with Gasteiger partial charge in [-0.15, -0.1) is 0 Å². The van der Waals surface area contributed by atoms with Crippen molar-refractivity contribution >= 4 is 6.16 Å². The van der Waals surface area contributed by atoms with E-state index in [1.165, 1.54) is 12.8 Å². The zero-order valence-corrected chi connectivity index (χ0v) is 8.97. The molecule has 0 atom stereocenters. The molecule has 0 spiro atoms. The standard InChI is InChI=1S/C11H18O3/c1-3-5-6-7-8-9-10-14-11(12)13-4-2/h3-7,10H2,1-2H3. The Labute approximate surface area is 85.8 Å². The Morgan fingerprint density at radius 3 is 2.57 bits per heavy atom. The van der Waals surface area contributed by atoms with Gasteiger partial charge in [-0.3, -0.25) is 0 Å². The van der Waals surface area contributed by atoms with Crippen LogP contribution in [-0.4, -0.2) is 19.4 Å². The van der Waals surface area contributed by atoms with Crippen LogP contribution in [0, 0.1) is 11.8 Å². The smallest absolute Gasteiger partial charge is 0.435 e. The minimum absolute atomic E-state index is 0.130. The van der Waals surface area contributed by atoms with E-state index in [1.807, 2.05) is 0 Å². The first kappa shape index (κ1) is 12.8. The van der Waals surface area contributed by atoms with Crippen LogP contribution in [0.1, 0.15) is 39.5 Å². The molecule has 0 bridgehead atoms. The van der Waals surface area contributed by atoms with Crippen LogP contribution in [-0.2, 0) is 9.47 Å². The van der Waals surface area contributed by atoms with Gasteiger partial charge in [0.15, 0.2) is 6.61 Å². The highest BCUT2D eigenvalue weighted by Crippen LogP contribution is 1.96. The predicted octanol–water partition coefficient (Wildman–Crippen LogP) is 2.74. The highest BCUT2D eigenvalue weighted by atomic mass is 16.7. The number of rotatable bonds is 5. The summed E-state index contributed by atoms with van der Waals surface area (Å²) in [6.07, 6.45) is 3.74. The fraction of sp³-hybridized carbons (Fsp3) is 0.727. The highest BCUT2D eigenvalue weighted by Gasteiger charge is 1.97. The summed E-state index contributed by atoms with van der Waals surface area (Å²) in [6, 6.07) is 0. The van der Waals surface area contributed by atoms with Crippen molar-refractivity contribution in [2.75, 3.05) is 13.2 Å². The van der Waals surface area contributed by atoms with Gasteiger partial charge < -0.3 is 9.47 Å². The first-order valence-corrected chi connectivity index (χ1v) is 5.06. The number of ether oxygens (including phenoxy) is 2. The first-order chi connectivity index (χ1) is 6.81. The van der Waals surface area contributed by atoms with Gasteiger partial charge in [-0.2, -0.15) is 0 Å². The van der Waals surface area contributed by atoms with Gasteiger partial charge in [0.05, 0.1) is 6.61 Å². The molecule has 0 saturated carbocycles. The Morgan fingerprint density at radius 2 is 1.93 bits per heavy atom. The van der Waals surface area contributed by atoms with E-state index in [1.54, 1.807) is 6.92 Å². The Hall–Kier alpha value is -1.17. The minimum atomic E-state index is -0.643. The molecule has 0 aliphatic rings. The number of carbonyl (C=O) groups is 1. The second kappa shape index (κ2) is 9.91. The van der Waals surface area contributed by atoms with Crippen LogP contribution >= 0.6 is 0 Å². The van der Waals surface area contributed by atoms with Gasteiger partial charge in [0.25, 0.3) is 0 Å². The van der Waals surface area contributed by atoms with Gasteiger partial charge in [-0.05, 0) is 13.3 Å². The molecule has 3 heteroatoms. The van der Waals surface area contributed by atoms with Gasteiger partial charge >= 0.3 is 6.16 Å². The predicted molar refractivity (Wildman–Crippen MR) is 54.9 cm³/mol. The van der Waals surface area contributed by atoms with Crippen LogP contribution in [0.3, 0.4) is 0 Å². The molecule has 0 aromatic heterocycles. The SMILES string of the molecule is CCCCCC#CCOC(=O)OCC. The van der Waals surface area contributed by atoms with E-state index >= 15 is 0 Å². The van der Waals surface area contributed by atoms with E-state index in [9.17, 15) is 4.79 Å². The van der Waals surface area contributed by atoms with Crippen molar-refractivity contribution in [2.45, 2.75) is 39.5 Å². The third kappa shape index (κ3) is 8.92. The average molecular weight is 198 g/mol. The maximum atomic E-state index is 10.7. The summed E-state index contributed by atoms with van der Waals surface area (Å²) in [5, 5.41) is 0. The summed E-state index contributed by atoms with van der Waals surface area (Å²) in [6.45, 7) is 4.35. The van der Waals surface area contributed by atoms with E-state index in [2.05, 4.69) is 28.2 Å². The second-order valence-electron chi connectivity index (χ2n) is 2.78. The number of hydrogen-bond acceptors (Lipinski definition) is 3. The Morgan fingerprint density at radius 1 is 1.14 bits per heavy atom. The summed E-state index contributed by atoms with van der Waals surface area (Å²) in [4.78, 5) is 10.7. The molecule has 3 nitrogen and oxygen atoms in total. The quantitative estimate of drug-likeness (QED) is 0.387. The monoisotopic (exact) mass is 198 g/mol. The van der Waals surface area contributed by atoms with Crippen LogP contribution in [0.4, 0.5) is 4.79 Å². The fourth-order valence-electron chi connectivity index (χ4n) is 0.857. The Balaban J connectivity index is 3.29. The van der Waals surface area contributed by atoms with Gasteiger partial charge in [-0.1, -0.05) is 31.6 Å². The fourth-order valence-corrected chi connectivity index (χ4v) is 0.857. The van der Waals surface area contributed by atoms with Crippen molar-refractivity contribution in [3.05, 3.63) is 0 Å². The maximum Gasteiger partial charge on any atom is 0.509 e. The topological polar surface area (TPSA) is 35.5 Å². The van der Waals surface area contributed by atoms with Gasteiger partial charge in [0.1, 0.15) is 0 Å². The van der Waals surface area contributed by atoms with E-state index in [0.29, 0.717) is 6.61 Å². The van der Waals surface area contributed by atoms with Crippen LogP contribution in [0.2, 0.25) is 0 Å². The van der Waals surface area contributed by atoms with E-state index in [-0.39, 0.29) is 6.61 Å². The van der Waals surface area contributed by atoms with Crippen LogP contribution < -0.4 is 0 Å². The lowest BCUT2D eigenvalue weighted by Crippen LogP contribution is -2.06. The van der Waals surface area contributed by atoms with E-state index in [4.69, 9.17) is 0 Å². The molecule has 0 heterocycles. The van der Waals surface area contributed by atoms with Crippen LogP contribution in [0.5, 0.6) is 0 Å². The summed E-state index contributed by atoms with van der Waals surface area (Å²) < 4.78 is 9.21. The normalized spacial score (nSPS) is 8.71. The zero-order valence-electron chi connectivity index (χ0n) is 8.97. The average Bonchev–Trinajstić information content (AvgIpc) is 2.17. The molecule has 0 aromatic rings. The molecule has 0 N–H and O–H groups in total. The molecule has 0 aliphatic carbocycles. The first-order valence-electron chi connectivity index (χ1n) is 5.06.